The van der Waals surface area contributed by atoms with Gasteiger partial charge in [-0.2, -0.15) is 0 Å². The fourth-order valence-electron chi connectivity index (χ4n) is 4.79. The zero-order chi connectivity index (χ0) is 25.4. The highest BCUT2D eigenvalue weighted by Crippen LogP contribution is 2.42. The Morgan fingerprint density at radius 3 is 1.39 bits per heavy atom. The fourth-order valence-corrected chi connectivity index (χ4v) is 4.79. The highest BCUT2D eigenvalue weighted by molar-refractivity contribution is 5.82. The largest absolute Gasteiger partial charge is 0.0905 e. The van der Waals surface area contributed by atoms with Crippen LogP contribution in [0, 0.1) is 13.8 Å². The molecule has 0 saturated heterocycles. The monoisotopic (exact) mass is 466 g/mol. The lowest BCUT2D eigenvalue weighted by Gasteiger charge is -2.34. The van der Waals surface area contributed by atoms with E-state index in [4.69, 9.17) is 0 Å². The molecular formula is C36H34. The summed E-state index contributed by atoms with van der Waals surface area (Å²) >= 11 is 0. The van der Waals surface area contributed by atoms with E-state index in [1.807, 2.05) is 18.2 Å². The van der Waals surface area contributed by atoms with Gasteiger partial charge in [0, 0.05) is 5.41 Å². The molecule has 0 heterocycles. The Bertz CT molecular complexity index is 1360. The minimum Gasteiger partial charge on any atom is -0.0905 e. The second-order valence-corrected chi connectivity index (χ2v) is 9.35. The molecule has 0 saturated carbocycles. The van der Waals surface area contributed by atoms with Crippen LogP contribution in [0.3, 0.4) is 0 Å². The van der Waals surface area contributed by atoms with E-state index in [9.17, 15) is 0 Å². The SMILES string of the molecule is C=C(c1ccccc1C)c1ccccc1C(C)(c1ccccc1)c1ccccc1.Cc1ccccc1. The molecule has 0 fully saturated rings. The van der Waals surface area contributed by atoms with Crippen LogP contribution in [0.4, 0.5) is 0 Å². The normalized spacial score (nSPS) is 10.8. The lowest BCUT2D eigenvalue weighted by molar-refractivity contribution is 0.690. The van der Waals surface area contributed by atoms with Gasteiger partial charge >= 0.3 is 0 Å². The Kier molecular flexibility index (Phi) is 7.98. The third kappa shape index (κ3) is 5.39. The number of hydrogen-bond acceptors (Lipinski definition) is 0. The first-order valence-electron chi connectivity index (χ1n) is 12.5. The maximum atomic E-state index is 4.52. The molecule has 0 aliphatic heterocycles. The van der Waals surface area contributed by atoms with E-state index in [0.717, 1.165) is 5.57 Å². The average molecular weight is 467 g/mol. The Balaban J connectivity index is 0.000000375. The smallest absolute Gasteiger partial charge is 0.0429 e. The number of hydrogen-bond donors (Lipinski definition) is 0. The topological polar surface area (TPSA) is 0 Å². The Hall–Kier alpha value is -4.16. The van der Waals surface area contributed by atoms with Crippen molar-refractivity contribution in [2.45, 2.75) is 26.2 Å². The van der Waals surface area contributed by atoms with Gasteiger partial charge in [-0.3, -0.25) is 0 Å². The minimum atomic E-state index is -0.287. The average Bonchev–Trinajstić information content (AvgIpc) is 2.94. The van der Waals surface area contributed by atoms with Gasteiger partial charge in [-0.15, -0.1) is 0 Å². The second kappa shape index (κ2) is 11.5. The maximum absolute atomic E-state index is 4.52. The third-order valence-corrected chi connectivity index (χ3v) is 6.90. The first-order chi connectivity index (χ1) is 17.5. The molecule has 5 aromatic carbocycles. The summed E-state index contributed by atoms with van der Waals surface area (Å²) in [7, 11) is 0. The van der Waals surface area contributed by atoms with Crippen LogP contribution in [0.25, 0.3) is 5.57 Å². The molecule has 0 amide bonds. The van der Waals surface area contributed by atoms with E-state index in [1.54, 1.807) is 0 Å². The van der Waals surface area contributed by atoms with Crippen molar-refractivity contribution < 1.29 is 0 Å². The van der Waals surface area contributed by atoms with Crippen molar-refractivity contribution in [3.8, 4) is 0 Å². The van der Waals surface area contributed by atoms with E-state index < -0.39 is 0 Å². The van der Waals surface area contributed by atoms with Crippen molar-refractivity contribution in [2.24, 2.45) is 0 Å². The zero-order valence-electron chi connectivity index (χ0n) is 21.5. The fraction of sp³-hybridized carbons (Fsp3) is 0.111. The molecule has 0 aromatic heterocycles. The molecule has 0 radical (unpaired) electrons. The minimum absolute atomic E-state index is 0.287. The predicted octanol–water partition coefficient (Wildman–Crippen LogP) is 9.41. The van der Waals surface area contributed by atoms with Crippen LogP contribution in [0.1, 0.15) is 45.9 Å². The van der Waals surface area contributed by atoms with Gasteiger partial charge in [-0.1, -0.05) is 152 Å². The predicted molar refractivity (Wildman–Crippen MR) is 155 cm³/mol. The molecule has 0 unspecified atom stereocenters. The van der Waals surface area contributed by atoms with Gasteiger partial charge < -0.3 is 0 Å². The number of benzene rings is 5. The molecule has 0 aliphatic rings. The Morgan fingerprint density at radius 1 is 0.500 bits per heavy atom. The molecule has 0 bridgehead atoms. The van der Waals surface area contributed by atoms with Crippen molar-refractivity contribution >= 4 is 5.57 Å². The van der Waals surface area contributed by atoms with Gasteiger partial charge in [-0.25, -0.2) is 0 Å². The van der Waals surface area contributed by atoms with Gasteiger partial charge in [0.2, 0.25) is 0 Å². The second-order valence-electron chi connectivity index (χ2n) is 9.35. The molecule has 0 atom stereocenters. The van der Waals surface area contributed by atoms with Gasteiger partial charge in [0.25, 0.3) is 0 Å². The summed E-state index contributed by atoms with van der Waals surface area (Å²) in [6, 6.07) is 49.0. The van der Waals surface area contributed by atoms with Crippen LogP contribution in [-0.2, 0) is 5.41 Å². The quantitative estimate of drug-likeness (QED) is 0.226. The summed E-state index contributed by atoms with van der Waals surface area (Å²) in [4.78, 5) is 0. The van der Waals surface area contributed by atoms with Crippen LogP contribution >= 0.6 is 0 Å². The first-order valence-corrected chi connectivity index (χ1v) is 12.5. The molecule has 178 valence electrons. The first kappa shape index (κ1) is 24.9. The summed E-state index contributed by atoms with van der Waals surface area (Å²) in [6.07, 6.45) is 0. The molecule has 36 heavy (non-hydrogen) atoms. The molecule has 5 rings (SSSR count). The van der Waals surface area contributed by atoms with Crippen LogP contribution in [0.5, 0.6) is 0 Å². The van der Waals surface area contributed by atoms with E-state index in [-0.39, 0.29) is 5.41 Å². The van der Waals surface area contributed by atoms with Crippen molar-refractivity contribution in [3.05, 3.63) is 185 Å². The van der Waals surface area contributed by atoms with Crippen molar-refractivity contribution in [1.29, 1.82) is 0 Å². The standard InChI is InChI=1S/C29H26.C7H8/c1-22-14-10-11-19-26(22)23(2)27-20-12-13-21-28(27)29(3,24-15-6-4-7-16-24)25-17-8-5-9-18-25;1-7-5-3-2-4-6-7/h4-21H,2H2,1,3H3;2-6H,1H3. The van der Waals surface area contributed by atoms with Crippen LogP contribution in [-0.4, -0.2) is 0 Å². The van der Waals surface area contributed by atoms with Crippen molar-refractivity contribution in [3.63, 3.8) is 0 Å². The third-order valence-electron chi connectivity index (χ3n) is 6.90. The molecule has 0 aliphatic carbocycles. The van der Waals surface area contributed by atoms with Gasteiger partial charge in [-0.05, 0) is 59.7 Å². The molecule has 5 aromatic rings. The Labute approximate surface area is 216 Å². The van der Waals surface area contributed by atoms with E-state index >= 15 is 0 Å². The number of aryl methyl sites for hydroxylation is 2. The van der Waals surface area contributed by atoms with E-state index in [2.05, 4.69) is 149 Å². The summed E-state index contributed by atoms with van der Waals surface area (Å²) in [5.41, 5.74) is 9.55. The lowest BCUT2D eigenvalue weighted by atomic mass is 9.68. The molecule has 0 nitrogen and oxygen atoms in total. The van der Waals surface area contributed by atoms with Crippen molar-refractivity contribution in [2.75, 3.05) is 0 Å². The summed E-state index contributed by atoms with van der Waals surface area (Å²) in [5, 5.41) is 0. The van der Waals surface area contributed by atoms with E-state index in [1.165, 1.54) is 38.9 Å². The maximum Gasteiger partial charge on any atom is 0.0429 e. The number of rotatable bonds is 5. The Morgan fingerprint density at radius 2 is 0.917 bits per heavy atom. The zero-order valence-corrected chi connectivity index (χ0v) is 21.5. The van der Waals surface area contributed by atoms with Gasteiger partial charge in [0.1, 0.15) is 0 Å². The molecule has 0 N–H and O–H groups in total. The van der Waals surface area contributed by atoms with E-state index in [0.29, 0.717) is 0 Å². The molecule has 0 heteroatoms. The molecule has 0 spiro atoms. The van der Waals surface area contributed by atoms with Crippen LogP contribution in [0.2, 0.25) is 0 Å². The highest BCUT2D eigenvalue weighted by atomic mass is 14.4. The van der Waals surface area contributed by atoms with Gasteiger partial charge in [0.15, 0.2) is 0 Å². The van der Waals surface area contributed by atoms with Crippen LogP contribution < -0.4 is 0 Å². The summed E-state index contributed by atoms with van der Waals surface area (Å²) in [5.74, 6) is 0. The summed E-state index contributed by atoms with van der Waals surface area (Å²) < 4.78 is 0. The summed E-state index contributed by atoms with van der Waals surface area (Å²) in [6.45, 7) is 11.1. The molecular weight excluding hydrogens is 432 g/mol. The van der Waals surface area contributed by atoms with Gasteiger partial charge in [0.05, 0.1) is 0 Å². The van der Waals surface area contributed by atoms with Crippen molar-refractivity contribution in [1.82, 2.24) is 0 Å². The lowest BCUT2D eigenvalue weighted by Crippen LogP contribution is -2.26. The van der Waals surface area contributed by atoms with Crippen LogP contribution in [0.15, 0.2) is 146 Å². The highest BCUT2D eigenvalue weighted by Gasteiger charge is 2.33.